The van der Waals surface area contributed by atoms with Crippen LogP contribution in [0.25, 0.3) is 10.6 Å². The summed E-state index contributed by atoms with van der Waals surface area (Å²) in [5.74, 6) is -0.341. The van der Waals surface area contributed by atoms with Gasteiger partial charge in [-0.05, 0) is 31.5 Å². The molecule has 2 rings (SSSR count). The number of nitrogens with zero attached hydrogens (tertiary/aromatic N) is 1. The summed E-state index contributed by atoms with van der Waals surface area (Å²) in [6.07, 6.45) is 1.53. The molecule has 1 aromatic carbocycles. The van der Waals surface area contributed by atoms with E-state index < -0.39 is 0 Å². The molecule has 0 unspecified atom stereocenters. The second-order valence-electron chi connectivity index (χ2n) is 3.84. The number of carbonyl (C=O) groups excluding carboxylic acids is 1. The number of esters is 1. The monoisotopic (exact) mass is 262 g/mol. The Hall–Kier alpha value is -1.88. The topological polar surface area (TPSA) is 65.2 Å². The molecule has 0 saturated heterocycles. The zero-order chi connectivity index (χ0) is 13.1. The van der Waals surface area contributed by atoms with Crippen molar-refractivity contribution in [1.82, 2.24) is 4.98 Å². The van der Waals surface area contributed by atoms with Gasteiger partial charge in [0.1, 0.15) is 9.88 Å². The molecule has 0 aliphatic carbocycles. The zero-order valence-corrected chi connectivity index (χ0v) is 11.1. The first-order valence-electron chi connectivity index (χ1n) is 5.61. The normalized spacial score (nSPS) is 10.3. The average molecular weight is 262 g/mol. The lowest BCUT2D eigenvalue weighted by Gasteiger charge is -2.02. The van der Waals surface area contributed by atoms with Gasteiger partial charge in [-0.25, -0.2) is 9.78 Å². The van der Waals surface area contributed by atoms with Crippen molar-refractivity contribution in [3.63, 3.8) is 0 Å². The Kier molecular flexibility index (Phi) is 3.62. The summed E-state index contributed by atoms with van der Waals surface area (Å²) >= 11 is 1.29. The highest BCUT2D eigenvalue weighted by Gasteiger charge is 2.13. The van der Waals surface area contributed by atoms with Gasteiger partial charge in [0.05, 0.1) is 12.8 Å². The first-order valence-corrected chi connectivity index (χ1v) is 6.43. The molecule has 0 aliphatic rings. The van der Waals surface area contributed by atoms with E-state index in [1.807, 2.05) is 25.1 Å². The zero-order valence-electron chi connectivity index (χ0n) is 10.3. The molecule has 18 heavy (non-hydrogen) atoms. The quantitative estimate of drug-likeness (QED) is 0.682. The number of hydrogen-bond acceptors (Lipinski definition) is 5. The van der Waals surface area contributed by atoms with Crippen molar-refractivity contribution in [3.05, 3.63) is 34.8 Å². The number of hydrogen-bond donors (Lipinski definition) is 1. The maximum absolute atomic E-state index is 11.5. The number of aromatic nitrogens is 1. The van der Waals surface area contributed by atoms with Gasteiger partial charge >= 0.3 is 5.97 Å². The molecule has 0 aliphatic heterocycles. The van der Waals surface area contributed by atoms with Crippen molar-refractivity contribution in [1.29, 1.82) is 0 Å². The van der Waals surface area contributed by atoms with Gasteiger partial charge in [-0.15, -0.1) is 11.3 Å². The summed E-state index contributed by atoms with van der Waals surface area (Å²) in [5, 5.41) is 0.732. The van der Waals surface area contributed by atoms with Crippen LogP contribution < -0.4 is 5.73 Å². The minimum Gasteiger partial charge on any atom is -0.462 e. The smallest absolute Gasteiger partial charge is 0.349 e. The van der Waals surface area contributed by atoms with E-state index in [-0.39, 0.29) is 5.97 Å². The molecule has 4 nitrogen and oxygen atoms in total. The van der Waals surface area contributed by atoms with Crippen LogP contribution in [0, 0.1) is 6.92 Å². The molecular weight excluding hydrogens is 248 g/mol. The number of benzene rings is 1. The molecule has 0 fully saturated rings. The largest absolute Gasteiger partial charge is 0.462 e. The summed E-state index contributed by atoms with van der Waals surface area (Å²) in [4.78, 5) is 16.3. The van der Waals surface area contributed by atoms with Gasteiger partial charge in [-0.1, -0.05) is 6.07 Å². The molecule has 2 N–H and O–H groups in total. The number of rotatable bonds is 3. The van der Waals surface area contributed by atoms with Gasteiger partial charge in [-0.3, -0.25) is 0 Å². The molecular formula is C13H14N2O2S. The number of thiazole rings is 1. The highest BCUT2D eigenvalue weighted by atomic mass is 32.1. The molecule has 5 heteroatoms. The Morgan fingerprint density at radius 1 is 1.50 bits per heavy atom. The van der Waals surface area contributed by atoms with E-state index in [2.05, 4.69) is 4.98 Å². The molecule has 0 atom stereocenters. The summed E-state index contributed by atoms with van der Waals surface area (Å²) in [6, 6.07) is 5.77. The fourth-order valence-corrected chi connectivity index (χ4v) is 2.43. The predicted molar refractivity (Wildman–Crippen MR) is 72.7 cm³/mol. The van der Waals surface area contributed by atoms with E-state index in [4.69, 9.17) is 10.5 Å². The van der Waals surface area contributed by atoms with Crippen molar-refractivity contribution in [2.75, 3.05) is 12.3 Å². The SMILES string of the molecule is CCOC(=O)c1cnc(-c2ccc(C)cc2N)s1. The van der Waals surface area contributed by atoms with Crippen LogP contribution in [-0.4, -0.2) is 17.6 Å². The van der Waals surface area contributed by atoms with Crippen molar-refractivity contribution >= 4 is 23.0 Å². The molecule has 0 radical (unpaired) electrons. The molecule has 0 amide bonds. The van der Waals surface area contributed by atoms with Crippen LogP contribution >= 0.6 is 11.3 Å². The van der Waals surface area contributed by atoms with Crippen LogP contribution in [0.5, 0.6) is 0 Å². The third-order valence-electron chi connectivity index (χ3n) is 2.42. The summed E-state index contributed by atoms with van der Waals surface area (Å²) < 4.78 is 4.93. The first-order chi connectivity index (χ1) is 8.61. The lowest BCUT2D eigenvalue weighted by atomic mass is 10.1. The van der Waals surface area contributed by atoms with E-state index in [1.165, 1.54) is 17.5 Å². The van der Waals surface area contributed by atoms with Gasteiger partial charge in [0.2, 0.25) is 0 Å². The molecule has 0 spiro atoms. The second-order valence-corrected chi connectivity index (χ2v) is 4.87. The van der Waals surface area contributed by atoms with Crippen LogP contribution in [0.2, 0.25) is 0 Å². The molecule has 1 aromatic heterocycles. The van der Waals surface area contributed by atoms with Crippen molar-refractivity contribution in [3.8, 4) is 10.6 Å². The van der Waals surface area contributed by atoms with E-state index in [1.54, 1.807) is 6.92 Å². The van der Waals surface area contributed by atoms with E-state index in [0.29, 0.717) is 17.2 Å². The highest BCUT2D eigenvalue weighted by Crippen LogP contribution is 2.30. The number of aryl methyl sites for hydroxylation is 1. The predicted octanol–water partition coefficient (Wildman–Crippen LogP) is 2.88. The van der Waals surface area contributed by atoms with E-state index in [0.717, 1.165) is 16.1 Å². The standard InChI is InChI=1S/C13H14N2O2S/c1-3-17-13(16)11-7-15-12(18-11)9-5-4-8(2)6-10(9)14/h4-7H,3,14H2,1-2H3. The summed E-state index contributed by atoms with van der Waals surface area (Å²) in [7, 11) is 0. The lowest BCUT2D eigenvalue weighted by molar-refractivity contribution is 0.0532. The second kappa shape index (κ2) is 5.18. The van der Waals surface area contributed by atoms with Gasteiger partial charge in [0, 0.05) is 11.3 Å². The molecule has 1 heterocycles. The Labute approximate surface area is 109 Å². The van der Waals surface area contributed by atoms with E-state index >= 15 is 0 Å². The van der Waals surface area contributed by atoms with Gasteiger partial charge in [0.15, 0.2) is 0 Å². The maximum Gasteiger partial charge on any atom is 0.349 e. The fourth-order valence-electron chi connectivity index (χ4n) is 1.57. The molecule has 0 saturated carbocycles. The first kappa shape index (κ1) is 12.6. The van der Waals surface area contributed by atoms with Crippen molar-refractivity contribution in [2.24, 2.45) is 0 Å². The minimum atomic E-state index is -0.341. The van der Waals surface area contributed by atoms with Gasteiger partial charge in [0.25, 0.3) is 0 Å². The number of anilines is 1. The Bertz CT molecular complexity index is 578. The Morgan fingerprint density at radius 2 is 2.28 bits per heavy atom. The van der Waals surface area contributed by atoms with Crippen LogP contribution in [-0.2, 0) is 4.74 Å². The van der Waals surface area contributed by atoms with Crippen LogP contribution in [0.15, 0.2) is 24.4 Å². The van der Waals surface area contributed by atoms with Gasteiger partial charge < -0.3 is 10.5 Å². The van der Waals surface area contributed by atoms with Crippen molar-refractivity contribution in [2.45, 2.75) is 13.8 Å². The van der Waals surface area contributed by atoms with Crippen LogP contribution in [0.1, 0.15) is 22.2 Å². The molecule has 0 bridgehead atoms. The average Bonchev–Trinajstić information content (AvgIpc) is 2.78. The molecule has 94 valence electrons. The van der Waals surface area contributed by atoms with Crippen LogP contribution in [0.4, 0.5) is 5.69 Å². The third-order valence-corrected chi connectivity index (χ3v) is 3.43. The highest BCUT2D eigenvalue weighted by molar-refractivity contribution is 7.16. The lowest BCUT2D eigenvalue weighted by Crippen LogP contribution is -2.01. The van der Waals surface area contributed by atoms with Crippen molar-refractivity contribution < 1.29 is 9.53 Å². The summed E-state index contributed by atoms with van der Waals surface area (Å²) in [5.41, 5.74) is 8.56. The summed E-state index contributed by atoms with van der Waals surface area (Å²) in [6.45, 7) is 4.11. The van der Waals surface area contributed by atoms with Crippen LogP contribution in [0.3, 0.4) is 0 Å². The molecule has 2 aromatic rings. The minimum absolute atomic E-state index is 0.341. The number of nitrogens with two attached hydrogens (primary N) is 1. The van der Waals surface area contributed by atoms with E-state index in [9.17, 15) is 4.79 Å². The fraction of sp³-hybridized carbons (Fsp3) is 0.231. The maximum atomic E-state index is 11.5. The Morgan fingerprint density at radius 3 is 2.94 bits per heavy atom. The number of ether oxygens (including phenoxy) is 1. The van der Waals surface area contributed by atoms with Gasteiger partial charge in [-0.2, -0.15) is 0 Å². The Balaban J connectivity index is 2.32. The number of carbonyl (C=O) groups is 1. The third kappa shape index (κ3) is 2.51. The number of nitrogen functional groups attached to an aromatic ring is 1.